The normalized spacial score (nSPS) is 10.5. The number of phenols is 1. The molecule has 138 valence electrons. The van der Waals surface area contributed by atoms with Crippen LogP contribution in [0.15, 0.2) is 60.7 Å². The molecule has 0 unspecified atom stereocenters. The van der Waals surface area contributed by atoms with Crippen LogP contribution in [0.25, 0.3) is 0 Å². The second-order valence-corrected chi connectivity index (χ2v) is 5.97. The molecule has 0 aromatic heterocycles. The summed E-state index contributed by atoms with van der Waals surface area (Å²) in [5.74, 6) is -1.24. The quantitative estimate of drug-likeness (QED) is 0.685. The van der Waals surface area contributed by atoms with Crippen molar-refractivity contribution in [3.63, 3.8) is 0 Å². The highest BCUT2D eigenvalue weighted by Crippen LogP contribution is 2.26. The Morgan fingerprint density at radius 1 is 1.07 bits per heavy atom. The number of aryl methyl sites for hydroxylation is 1. The zero-order valence-electron chi connectivity index (χ0n) is 14.5. The third-order valence-electron chi connectivity index (χ3n) is 3.97. The van der Waals surface area contributed by atoms with E-state index in [0.29, 0.717) is 11.5 Å². The maximum Gasteiger partial charge on any atom is 0.258 e. The number of rotatable bonds is 5. The molecule has 0 fully saturated rings. The average Bonchev–Trinajstić information content (AvgIpc) is 2.64. The van der Waals surface area contributed by atoms with Gasteiger partial charge in [0.05, 0.1) is 0 Å². The number of halogens is 2. The van der Waals surface area contributed by atoms with Crippen LogP contribution in [-0.2, 0) is 6.54 Å². The lowest BCUT2D eigenvalue weighted by Crippen LogP contribution is -2.24. The highest BCUT2D eigenvalue weighted by Gasteiger charge is 2.16. The number of ether oxygens (including phenoxy) is 1. The third kappa shape index (κ3) is 4.41. The van der Waals surface area contributed by atoms with Gasteiger partial charge in [0.25, 0.3) is 5.91 Å². The number of nitrogens with one attached hydrogen (secondary N) is 1. The standard InChI is InChI=1S/C21H17F2NO3/c1-13-5-6-14(11-19(13)27-16-9-7-15(22)8-10-16)12-24-21(26)20-17(23)3-2-4-18(20)25/h2-11,25H,12H2,1H3,(H,24,26). The lowest BCUT2D eigenvalue weighted by molar-refractivity contribution is 0.0944. The van der Waals surface area contributed by atoms with E-state index in [1.54, 1.807) is 12.1 Å². The number of phenolic OH excluding ortho intramolecular Hbond substituents is 1. The number of hydrogen-bond donors (Lipinski definition) is 2. The van der Waals surface area contributed by atoms with Gasteiger partial charge in [-0.2, -0.15) is 0 Å². The molecule has 2 N–H and O–H groups in total. The molecule has 0 spiro atoms. The van der Waals surface area contributed by atoms with E-state index < -0.39 is 23.0 Å². The maximum absolute atomic E-state index is 13.7. The number of amides is 1. The highest BCUT2D eigenvalue weighted by molar-refractivity contribution is 5.97. The van der Waals surface area contributed by atoms with Crippen molar-refractivity contribution in [3.8, 4) is 17.2 Å². The first kappa shape index (κ1) is 18.4. The van der Waals surface area contributed by atoms with Crippen molar-refractivity contribution in [1.29, 1.82) is 0 Å². The second-order valence-electron chi connectivity index (χ2n) is 5.97. The lowest BCUT2D eigenvalue weighted by atomic mass is 10.1. The van der Waals surface area contributed by atoms with Crippen LogP contribution in [0.1, 0.15) is 21.5 Å². The molecule has 0 atom stereocenters. The first-order valence-corrected chi connectivity index (χ1v) is 8.22. The molecule has 3 aromatic rings. The van der Waals surface area contributed by atoms with Crippen molar-refractivity contribution >= 4 is 5.91 Å². The van der Waals surface area contributed by atoms with Gasteiger partial charge in [0, 0.05) is 6.54 Å². The zero-order chi connectivity index (χ0) is 19.4. The van der Waals surface area contributed by atoms with Crippen LogP contribution < -0.4 is 10.1 Å². The Balaban J connectivity index is 1.72. The SMILES string of the molecule is Cc1ccc(CNC(=O)c2c(O)cccc2F)cc1Oc1ccc(F)cc1. The average molecular weight is 369 g/mol. The highest BCUT2D eigenvalue weighted by atomic mass is 19.1. The Kier molecular flexibility index (Phi) is 5.35. The Morgan fingerprint density at radius 3 is 2.52 bits per heavy atom. The van der Waals surface area contributed by atoms with Crippen molar-refractivity contribution in [2.75, 3.05) is 0 Å². The molecule has 27 heavy (non-hydrogen) atoms. The van der Waals surface area contributed by atoms with Gasteiger partial charge in [-0.25, -0.2) is 8.78 Å². The molecule has 0 heterocycles. The summed E-state index contributed by atoms with van der Waals surface area (Å²) in [5.41, 5.74) is 1.19. The molecule has 3 aromatic carbocycles. The summed E-state index contributed by atoms with van der Waals surface area (Å²) in [5, 5.41) is 12.2. The van der Waals surface area contributed by atoms with Crippen molar-refractivity contribution in [1.82, 2.24) is 5.32 Å². The lowest BCUT2D eigenvalue weighted by Gasteiger charge is -2.12. The predicted octanol–water partition coefficient (Wildman–Crippen LogP) is 4.70. The number of benzene rings is 3. The Labute approximate surface area is 155 Å². The van der Waals surface area contributed by atoms with Crippen molar-refractivity contribution in [3.05, 3.63) is 89.0 Å². The summed E-state index contributed by atoms with van der Waals surface area (Å²) >= 11 is 0. The van der Waals surface area contributed by atoms with E-state index in [4.69, 9.17) is 4.74 Å². The van der Waals surface area contributed by atoms with Crippen LogP contribution in [0, 0.1) is 18.6 Å². The molecular weight excluding hydrogens is 352 g/mol. The van der Waals surface area contributed by atoms with Gasteiger partial charge < -0.3 is 15.2 Å². The minimum atomic E-state index is -0.795. The summed E-state index contributed by atoms with van der Waals surface area (Å²) in [6, 6.07) is 14.7. The van der Waals surface area contributed by atoms with E-state index >= 15 is 0 Å². The number of hydrogen-bond acceptors (Lipinski definition) is 3. The molecular formula is C21H17F2NO3. The number of carbonyl (C=O) groups excluding carboxylic acids is 1. The zero-order valence-corrected chi connectivity index (χ0v) is 14.5. The number of carbonyl (C=O) groups is 1. The van der Waals surface area contributed by atoms with Gasteiger partial charge in [0.2, 0.25) is 0 Å². The summed E-state index contributed by atoms with van der Waals surface area (Å²) in [6.45, 7) is 1.98. The molecule has 6 heteroatoms. The minimum Gasteiger partial charge on any atom is -0.507 e. The predicted molar refractivity (Wildman–Crippen MR) is 96.9 cm³/mol. The van der Waals surface area contributed by atoms with E-state index in [9.17, 15) is 18.7 Å². The molecule has 0 aliphatic rings. The van der Waals surface area contributed by atoms with E-state index in [1.807, 2.05) is 13.0 Å². The fourth-order valence-electron chi connectivity index (χ4n) is 2.50. The Morgan fingerprint density at radius 2 is 1.81 bits per heavy atom. The molecule has 0 bridgehead atoms. The van der Waals surface area contributed by atoms with E-state index in [-0.39, 0.29) is 12.4 Å². The Bertz CT molecular complexity index is 951. The molecule has 4 nitrogen and oxygen atoms in total. The summed E-state index contributed by atoms with van der Waals surface area (Å²) in [4.78, 5) is 12.2. The molecule has 0 aliphatic carbocycles. The molecule has 0 saturated carbocycles. The van der Waals surface area contributed by atoms with Gasteiger partial charge >= 0.3 is 0 Å². The maximum atomic E-state index is 13.7. The van der Waals surface area contributed by atoms with Gasteiger partial charge in [-0.1, -0.05) is 18.2 Å². The fourth-order valence-corrected chi connectivity index (χ4v) is 2.50. The van der Waals surface area contributed by atoms with Crippen molar-refractivity contribution < 1.29 is 23.4 Å². The van der Waals surface area contributed by atoms with Crippen LogP contribution in [-0.4, -0.2) is 11.0 Å². The van der Waals surface area contributed by atoms with E-state index in [2.05, 4.69) is 5.32 Å². The summed E-state index contributed by atoms with van der Waals surface area (Å²) in [7, 11) is 0. The Hall–Kier alpha value is -3.41. The van der Waals surface area contributed by atoms with Crippen molar-refractivity contribution in [2.24, 2.45) is 0 Å². The second kappa shape index (κ2) is 7.86. The largest absolute Gasteiger partial charge is 0.507 e. The first-order chi connectivity index (χ1) is 12.9. The van der Waals surface area contributed by atoms with Gasteiger partial charge in [0.15, 0.2) is 0 Å². The van der Waals surface area contributed by atoms with Crippen LogP contribution >= 0.6 is 0 Å². The molecule has 0 saturated heterocycles. The summed E-state index contributed by atoms with van der Waals surface area (Å²) < 4.78 is 32.5. The smallest absolute Gasteiger partial charge is 0.258 e. The molecule has 0 aliphatic heterocycles. The van der Waals surface area contributed by atoms with Gasteiger partial charge in [0.1, 0.15) is 34.4 Å². The fraction of sp³-hybridized carbons (Fsp3) is 0.0952. The van der Waals surface area contributed by atoms with Gasteiger partial charge in [-0.3, -0.25) is 4.79 Å². The summed E-state index contributed by atoms with van der Waals surface area (Å²) in [6.07, 6.45) is 0. The molecule has 0 radical (unpaired) electrons. The van der Waals surface area contributed by atoms with E-state index in [0.717, 1.165) is 17.2 Å². The van der Waals surface area contributed by atoms with Crippen LogP contribution in [0.5, 0.6) is 17.2 Å². The van der Waals surface area contributed by atoms with E-state index in [1.165, 1.54) is 36.4 Å². The van der Waals surface area contributed by atoms with Crippen LogP contribution in [0.3, 0.4) is 0 Å². The third-order valence-corrected chi connectivity index (χ3v) is 3.97. The minimum absolute atomic E-state index is 0.118. The van der Waals surface area contributed by atoms with Crippen LogP contribution in [0.2, 0.25) is 0 Å². The first-order valence-electron chi connectivity index (χ1n) is 8.22. The number of aromatic hydroxyl groups is 1. The molecule has 1 amide bonds. The van der Waals surface area contributed by atoms with Gasteiger partial charge in [-0.05, 0) is 60.5 Å². The monoisotopic (exact) mass is 369 g/mol. The van der Waals surface area contributed by atoms with Crippen molar-refractivity contribution in [2.45, 2.75) is 13.5 Å². The van der Waals surface area contributed by atoms with Gasteiger partial charge in [-0.15, -0.1) is 0 Å². The molecule has 3 rings (SSSR count). The van der Waals surface area contributed by atoms with Crippen LogP contribution in [0.4, 0.5) is 8.78 Å². The topological polar surface area (TPSA) is 58.6 Å².